The summed E-state index contributed by atoms with van der Waals surface area (Å²) in [5, 5.41) is 0. The summed E-state index contributed by atoms with van der Waals surface area (Å²) in [6, 6.07) is 93.8. The van der Waals surface area contributed by atoms with Crippen molar-refractivity contribution in [1.82, 2.24) is 0 Å². The summed E-state index contributed by atoms with van der Waals surface area (Å²) < 4.78 is 0. The Morgan fingerprint density at radius 3 is 1.24 bits per heavy atom. The van der Waals surface area contributed by atoms with E-state index in [2.05, 4.69) is 305 Å². The fraction of sp³-hybridized carbons (Fsp3) is 0.103. The standard InChI is InChI=1S/C78H60/c1-3-78(4-2)76-52-72(68-46-39-64(40-47-68)62-32-28-59(29-33-62)55-20-11-6-12-21-55)70(66-27-17-26-58(36-43-66)54-18-9-5-10-19-54)50-74(76)75-51-71(67-44-37-61(38-45-67)57-24-15-8-16-25-57)73(53-77(75)78)69-48-41-65(42-49-69)63-34-30-60(31-35-63)56-22-13-7-14-23-56/h5-16,18-25,27-52,58,77H,3-4,53H2,1-2H3/t58?,77-/m1/s1. The maximum Gasteiger partial charge on any atom is 0.0639 e. The molecule has 0 saturated heterocycles. The zero-order chi connectivity index (χ0) is 52.4. The smallest absolute Gasteiger partial charge is 0.0639 e. The molecule has 0 fully saturated rings. The van der Waals surface area contributed by atoms with Crippen LogP contribution < -0.4 is 0 Å². The Morgan fingerprint density at radius 1 is 0.397 bits per heavy atom. The fourth-order valence-electron chi connectivity index (χ4n) is 12.8. The average molecular weight is 997 g/mol. The molecule has 0 aliphatic heterocycles. The number of rotatable bonds is 12. The molecular weight excluding hydrogens is 937 g/mol. The van der Waals surface area contributed by atoms with Crippen molar-refractivity contribution in [2.24, 2.45) is 5.92 Å². The molecule has 372 valence electrons. The van der Waals surface area contributed by atoms with Crippen LogP contribution in [0.2, 0.25) is 0 Å². The van der Waals surface area contributed by atoms with E-state index in [1.807, 2.05) is 0 Å². The van der Waals surface area contributed by atoms with Crippen LogP contribution in [0, 0.1) is 17.8 Å². The molecule has 0 nitrogen and oxygen atoms in total. The van der Waals surface area contributed by atoms with Gasteiger partial charge in [0.1, 0.15) is 0 Å². The van der Waals surface area contributed by atoms with E-state index in [-0.39, 0.29) is 11.3 Å². The minimum atomic E-state index is -0.0742. The lowest BCUT2D eigenvalue weighted by Gasteiger charge is -2.38. The second-order valence-electron chi connectivity index (χ2n) is 21.2. The van der Waals surface area contributed by atoms with Gasteiger partial charge in [-0.1, -0.05) is 280 Å². The van der Waals surface area contributed by atoms with Gasteiger partial charge in [0, 0.05) is 5.41 Å². The first kappa shape index (κ1) is 48.4. The summed E-state index contributed by atoms with van der Waals surface area (Å²) in [7, 11) is 0. The van der Waals surface area contributed by atoms with Gasteiger partial charge in [0.15, 0.2) is 0 Å². The van der Waals surface area contributed by atoms with Crippen LogP contribution in [-0.4, -0.2) is 0 Å². The van der Waals surface area contributed by atoms with Crippen molar-refractivity contribution in [3.8, 4) is 78.6 Å². The number of benzene rings is 10. The van der Waals surface area contributed by atoms with Crippen LogP contribution in [0.3, 0.4) is 0 Å². The van der Waals surface area contributed by atoms with Crippen molar-refractivity contribution in [3.05, 3.63) is 312 Å². The third kappa shape index (κ3) is 9.12. The van der Waals surface area contributed by atoms with Gasteiger partial charge in [-0.2, -0.15) is 0 Å². The molecule has 10 aromatic rings. The number of allylic oxidation sites excluding steroid dienone is 8. The lowest BCUT2D eigenvalue weighted by molar-refractivity contribution is 0.320. The van der Waals surface area contributed by atoms with Gasteiger partial charge < -0.3 is 0 Å². The van der Waals surface area contributed by atoms with Gasteiger partial charge in [0.2, 0.25) is 0 Å². The molecule has 0 bridgehead atoms. The topological polar surface area (TPSA) is 0 Å². The van der Waals surface area contributed by atoms with E-state index in [1.54, 1.807) is 0 Å². The zero-order valence-electron chi connectivity index (χ0n) is 44.3. The van der Waals surface area contributed by atoms with E-state index in [4.69, 9.17) is 0 Å². The maximum atomic E-state index is 3.57. The first-order valence-corrected chi connectivity index (χ1v) is 27.8. The Morgan fingerprint density at radius 2 is 0.795 bits per heavy atom. The summed E-state index contributed by atoms with van der Waals surface area (Å²) in [6.07, 6.45) is 12.4. The van der Waals surface area contributed by atoms with Gasteiger partial charge in [0.25, 0.3) is 0 Å². The molecule has 0 aromatic heterocycles. The molecule has 10 aromatic carbocycles. The third-order valence-electron chi connectivity index (χ3n) is 17.1. The van der Waals surface area contributed by atoms with Crippen molar-refractivity contribution in [3.63, 3.8) is 0 Å². The molecule has 0 amide bonds. The van der Waals surface area contributed by atoms with Crippen LogP contribution in [0.1, 0.15) is 72.4 Å². The van der Waals surface area contributed by atoms with E-state index in [9.17, 15) is 0 Å². The normalized spacial score (nSPS) is 16.0. The first-order chi connectivity index (χ1) is 38.5. The van der Waals surface area contributed by atoms with Gasteiger partial charge in [-0.15, -0.1) is 0 Å². The van der Waals surface area contributed by atoms with Crippen molar-refractivity contribution >= 4 is 22.3 Å². The zero-order valence-corrected chi connectivity index (χ0v) is 44.3. The van der Waals surface area contributed by atoms with Crippen LogP contribution in [0.25, 0.3) is 89.1 Å². The van der Waals surface area contributed by atoms with Crippen LogP contribution in [0.5, 0.6) is 0 Å². The quantitative estimate of drug-likeness (QED) is 0.107. The van der Waals surface area contributed by atoms with Gasteiger partial charge >= 0.3 is 0 Å². The molecule has 2 atom stereocenters. The molecule has 3 aliphatic carbocycles. The van der Waals surface area contributed by atoms with E-state index in [1.165, 1.54) is 117 Å². The molecule has 78 heavy (non-hydrogen) atoms. The van der Waals surface area contributed by atoms with E-state index in [0.29, 0.717) is 5.92 Å². The average Bonchev–Trinajstić information content (AvgIpc) is 3.87. The minimum absolute atomic E-state index is 0.0114. The number of fused-ring (bicyclic) bond motifs is 3. The SMILES string of the molecule is CCC1(CC)c2cc(-c3ccc(-c4ccc(-c5ccccc5)cc4)cc3)c(C3=CC#CC(c4ccccc4)C=C3)cc2C2=CC(c3ccc(-c4ccccc4)cc3)=C(c3ccc(-c4ccc(-c5ccccc5)cc4)cc3)C[C@H]21. The van der Waals surface area contributed by atoms with Crippen molar-refractivity contribution in [2.75, 3.05) is 0 Å². The van der Waals surface area contributed by atoms with Crippen molar-refractivity contribution < 1.29 is 0 Å². The number of hydrogen-bond acceptors (Lipinski definition) is 0. The van der Waals surface area contributed by atoms with Crippen LogP contribution >= 0.6 is 0 Å². The molecule has 13 rings (SSSR count). The summed E-state index contributed by atoms with van der Waals surface area (Å²) in [5.41, 5.74) is 27.7. The molecule has 0 N–H and O–H groups in total. The highest BCUT2D eigenvalue weighted by Crippen LogP contribution is 2.61. The van der Waals surface area contributed by atoms with Gasteiger partial charge in [-0.05, 0) is 172 Å². The summed E-state index contributed by atoms with van der Waals surface area (Å²) in [6.45, 7) is 4.85. The maximum absolute atomic E-state index is 3.57. The van der Waals surface area contributed by atoms with Crippen LogP contribution in [0.4, 0.5) is 0 Å². The Kier molecular flexibility index (Phi) is 13.0. The Labute approximate surface area is 461 Å². The molecule has 1 unspecified atom stereocenters. The molecule has 0 saturated carbocycles. The first-order valence-electron chi connectivity index (χ1n) is 27.8. The third-order valence-corrected chi connectivity index (χ3v) is 17.1. The molecule has 0 radical (unpaired) electrons. The van der Waals surface area contributed by atoms with E-state index >= 15 is 0 Å². The van der Waals surface area contributed by atoms with Gasteiger partial charge in [-0.3, -0.25) is 0 Å². The predicted molar refractivity (Wildman–Crippen MR) is 331 cm³/mol. The monoisotopic (exact) mass is 996 g/mol. The Bertz CT molecular complexity index is 3970. The Hall–Kier alpha value is -9.28. The Balaban J connectivity index is 0.935. The summed E-state index contributed by atoms with van der Waals surface area (Å²) >= 11 is 0. The molecule has 0 heterocycles. The second kappa shape index (κ2) is 21.0. The minimum Gasteiger partial charge on any atom is -0.0861 e. The second-order valence-corrected chi connectivity index (χ2v) is 21.2. The number of hydrogen-bond donors (Lipinski definition) is 0. The van der Waals surface area contributed by atoms with Gasteiger partial charge in [-0.25, -0.2) is 0 Å². The lowest BCUT2D eigenvalue weighted by Crippen LogP contribution is -2.31. The molecule has 3 aliphatic rings. The van der Waals surface area contributed by atoms with Crippen LogP contribution in [-0.2, 0) is 5.41 Å². The fourth-order valence-corrected chi connectivity index (χ4v) is 12.8. The highest BCUT2D eigenvalue weighted by Gasteiger charge is 2.49. The molecule has 0 spiro atoms. The summed E-state index contributed by atoms with van der Waals surface area (Å²) in [4.78, 5) is 0. The lowest BCUT2D eigenvalue weighted by atomic mass is 9.65. The molecular formula is C78H60. The highest BCUT2D eigenvalue weighted by atomic mass is 14.5. The van der Waals surface area contributed by atoms with E-state index < -0.39 is 0 Å². The molecule has 0 heteroatoms. The highest BCUT2D eigenvalue weighted by molar-refractivity contribution is 6.05. The van der Waals surface area contributed by atoms with Gasteiger partial charge in [0.05, 0.1) is 5.92 Å². The van der Waals surface area contributed by atoms with Crippen LogP contribution in [0.15, 0.2) is 279 Å². The largest absolute Gasteiger partial charge is 0.0861 e. The predicted octanol–water partition coefficient (Wildman–Crippen LogP) is 20.5. The summed E-state index contributed by atoms with van der Waals surface area (Å²) in [5.74, 6) is 7.41. The van der Waals surface area contributed by atoms with E-state index in [0.717, 1.165) is 24.8 Å². The van der Waals surface area contributed by atoms with Crippen molar-refractivity contribution in [2.45, 2.75) is 44.4 Å². The van der Waals surface area contributed by atoms with Crippen molar-refractivity contribution in [1.29, 1.82) is 0 Å².